The maximum atomic E-state index is 12.3. The number of ether oxygens (including phenoxy) is 1. The molecule has 2 rings (SSSR count). The van der Waals surface area contributed by atoms with Gasteiger partial charge in [-0.05, 0) is 32.4 Å². The van der Waals surface area contributed by atoms with Crippen LogP contribution in [0.3, 0.4) is 0 Å². The van der Waals surface area contributed by atoms with E-state index in [1.807, 2.05) is 0 Å². The third kappa shape index (κ3) is 3.45. The number of nitrogens with zero attached hydrogens (tertiary/aromatic N) is 1. The van der Waals surface area contributed by atoms with Crippen molar-refractivity contribution >= 4 is 17.5 Å². The first-order valence-electron chi connectivity index (χ1n) is 7.63. The topological polar surface area (TPSA) is 63.7 Å². The molecule has 2 aliphatic rings. The first-order valence-corrected chi connectivity index (χ1v) is 7.63. The van der Waals surface area contributed by atoms with Gasteiger partial charge in [-0.3, -0.25) is 19.3 Å². The van der Waals surface area contributed by atoms with Crippen LogP contribution in [0, 0.1) is 0 Å². The van der Waals surface area contributed by atoms with Crippen LogP contribution in [0.2, 0.25) is 0 Å². The first kappa shape index (κ1) is 15.2. The van der Waals surface area contributed by atoms with Gasteiger partial charge in [-0.15, -0.1) is 0 Å². The number of piperidine rings is 1. The molecule has 112 valence electrons. The number of hydrogen-bond acceptors (Lipinski definition) is 5. The molecule has 0 N–H and O–H groups in total. The van der Waals surface area contributed by atoms with Crippen LogP contribution in [0.4, 0.5) is 0 Å². The quantitative estimate of drug-likeness (QED) is 0.564. The highest BCUT2D eigenvalue weighted by Gasteiger charge is 2.39. The lowest BCUT2D eigenvalue weighted by Gasteiger charge is -2.34. The lowest BCUT2D eigenvalue weighted by atomic mass is 10.0. The lowest BCUT2D eigenvalue weighted by molar-refractivity contribution is -0.163. The van der Waals surface area contributed by atoms with E-state index in [4.69, 9.17) is 4.74 Å². The number of esters is 1. The van der Waals surface area contributed by atoms with Crippen LogP contribution in [0.1, 0.15) is 51.9 Å². The second-order valence-corrected chi connectivity index (χ2v) is 5.65. The summed E-state index contributed by atoms with van der Waals surface area (Å²) in [5.74, 6) is -0.895. The molecule has 5 nitrogen and oxygen atoms in total. The molecule has 0 spiro atoms. The van der Waals surface area contributed by atoms with Gasteiger partial charge in [0, 0.05) is 12.8 Å². The fourth-order valence-corrected chi connectivity index (χ4v) is 2.90. The lowest BCUT2D eigenvalue weighted by Crippen LogP contribution is -2.47. The number of carbonyl (C=O) groups is 3. The number of Topliss-reactive ketones (excluding diaryl/α,β-unsaturated/α-hetero) is 2. The van der Waals surface area contributed by atoms with Crippen LogP contribution in [0.5, 0.6) is 0 Å². The number of rotatable bonds is 5. The zero-order valence-electron chi connectivity index (χ0n) is 12.1. The van der Waals surface area contributed by atoms with Gasteiger partial charge in [-0.25, -0.2) is 0 Å². The van der Waals surface area contributed by atoms with Crippen LogP contribution >= 0.6 is 0 Å². The van der Waals surface area contributed by atoms with Crippen molar-refractivity contribution in [3.8, 4) is 0 Å². The minimum absolute atomic E-state index is 0.209. The summed E-state index contributed by atoms with van der Waals surface area (Å²) in [6.07, 6.45) is 4.27. The zero-order chi connectivity index (χ0) is 14.5. The predicted molar refractivity (Wildman–Crippen MR) is 73.2 cm³/mol. The smallest absolute Gasteiger partial charge is 0.324 e. The molecule has 0 aromatic heterocycles. The highest BCUT2D eigenvalue weighted by Crippen LogP contribution is 2.21. The molecule has 20 heavy (non-hydrogen) atoms. The van der Waals surface area contributed by atoms with Crippen LogP contribution < -0.4 is 0 Å². The molecule has 1 heterocycles. The second kappa shape index (κ2) is 6.97. The Morgan fingerprint density at radius 3 is 2.60 bits per heavy atom. The van der Waals surface area contributed by atoms with Gasteiger partial charge in [0.05, 0.1) is 0 Å². The fraction of sp³-hybridized carbons (Fsp3) is 0.800. The van der Waals surface area contributed by atoms with E-state index in [9.17, 15) is 14.4 Å². The Bertz CT molecular complexity index is 377. The van der Waals surface area contributed by atoms with Gasteiger partial charge in [-0.2, -0.15) is 0 Å². The number of likely N-dealkylation sites (tertiary alicyclic amines) is 1. The minimum atomic E-state index is -1.13. The third-order valence-corrected chi connectivity index (χ3v) is 4.12. The summed E-state index contributed by atoms with van der Waals surface area (Å²) in [6, 6.07) is -0.281. The van der Waals surface area contributed by atoms with Gasteiger partial charge in [0.15, 0.2) is 11.6 Å². The van der Waals surface area contributed by atoms with Gasteiger partial charge in [0.25, 0.3) is 0 Å². The molecule has 0 aromatic rings. The Labute approximate surface area is 119 Å². The van der Waals surface area contributed by atoms with Crippen LogP contribution in [-0.4, -0.2) is 47.7 Å². The van der Waals surface area contributed by atoms with Crippen molar-refractivity contribution in [2.45, 2.75) is 64.0 Å². The van der Waals surface area contributed by atoms with Crippen molar-refractivity contribution in [2.75, 3.05) is 13.1 Å². The molecule has 1 aliphatic heterocycles. The molecular formula is C15H23NO4. The molecule has 2 fully saturated rings. The molecule has 0 radical (unpaired) electrons. The molecule has 1 aliphatic carbocycles. The maximum absolute atomic E-state index is 12.3. The van der Waals surface area contributed by atoms with E-state index in [0.717, 1.165) is 45.2 Å². The molecular weight excluding hydrogens is 258 g/mol. The van der Waals surface area contributed by atoms with Gasteiger partial charge in [-0.1, -0.05) is 19.8 Å². The van der Waals surface area contributed by atoms with Gasteiger partial charge >= 0.3 is 5.97 Å². The van der Waals surface area contributed by atoms with E-state index in [1.165, 1.54) is 0 Å². The average molecular weight is 281 g/mol. The normalized spacial score (nSPS) is 25.1. The van der Waals surface area contributed by atoms with Crippen LogP contribution in [0.25, 0.3) is 0 Å². The molecule has 1 unspecified atom stereocenters. The van der Waals surface area contributed by atoms with E-state index >= 15 is 0 Å². The number of carbonyl (C=O) groups excluding carboxylic acids is 3. The highest BCUT2D eigenvalue weighted by atomic mass is 16.6. The molecule has 0 amide bonds. The summed E-state index contributed by atoms with van der Waals surface area (Å²) in [5.41, 5.74) is 0. The Morgan fingerprint density at radius 2 is 1.95 bits per heavy atom. The monoisotopic (exact) mass is 281 g/mol. The minimum Gasteiger partial charge on any atom is -0.445 e. The zero-order valence-corrected chi connectivity index (χ0v) is 12.1. The first-order chi connectivity index (χ1) is 9.63. The summed E-state index contributed by atoms with van der Waals surface area (Å²) < 4.78 is 5.21. The Balaban J connectivity index is 1.95. The van der Waals surface area contributed by atoms with Crippen LogP contribution in [0.15, 0.2) is 0 Å². The number of hydrogen-bond donors (Lipinski definition) is 0. The Kier molecular flexibility index (Phi) is 5.29. The van der Waals surface area contributed by atoms with E-state index in [1.54, 1.807) is 0 Å². The fourth-order valence-electron chi connectivity index (χ4n) is 2.90. The number of unbranched alkanes of at least 4 members (excludes halogenated alkanes) is 1. The SMILES string of the molecule is CCCCN1CCCCC1C(=O)OC1C(=O)CCC1=O. The summed E-state index contributed by atoms with van der Waals surface area (Å²) >= 11 is 0. The number of ketones is 2. The summed E-state index contributed by atoms with van der Waals surface area (Å²) in [4.78, 5) is 37.5. The van der Waals surface area contributed by atoms with Crippen molar-refractivity contribution in [1.82, 2.24) is 4.90 Å². The van der Waals surface area contributed by atoms with Gasteiger partial charge in [0.2, 0.25) is 6.10 Å². The van der Waals surface area contributed by atoms with Crippen molar-refractivity contribution in [1.29, 1.82) is 0 Å². The van der Waals surface area contributed by atoms with Gasteiger partial charge < -0.3 is 4.74 Å². The van der Waals surface area contributed by atoms with E-state index in [2.05, 4.69) is 11.8 Å². The predicted octanol–water partition coefficient (Wildman–Crippen LogP) is 1.48. The Hall–Kier alpha value is -1.23. The molecule has 1 saturated carbocycles. The van der Waals surface area contributed by atoms with Crippen LogP contribution in [-0.2, 0) is 19.1 Å². The maximum Gasteiger partial charge on any atom is 0.324 e. The van der Waals surface area contributed by atoms with Gasteiger partial charge in [0.1, 0.15) is 6.04 Å². The van der Waals surface area contributed by atoms with Crippen molar-refractivity contribution in [2.24, 2.45) is 0 Å². The van der Waals surface area contributed by atoms with Crippen molar-refractivity contribution in [3.63, 3.8) is 0 Å². The molecule has 1 saturated heterocycles. The molecule has 5 heteroatoms. The molecule has 0 bridgehead atoms. The third-order valence-electron chi connectivity index (χ3n) is 4.12. The summed E-state index contributed by atoms with van der Waals surface area (Å²) in [6.45, 7) is 3.89. The van der Waals surface area contributed by atoms with E-state index < -0.39 is 12.1 Å². The molecule has 0 aromatic carbocycles. The van der Waals surface area contributed by atoms with E-state index in [0.29, 0.717) is 0 Å². The molecule has 1 atom stereocenters. The standard InChI is InChI=1S/C15H23NO4/c1-2-3-9-16-10-5-4-6-11(16)15(19)20-14-12(17)7-8-13(14)18/h11,14H,2-10H2,1H3. The van der Waals surface area contributed by atoms with E-state index in [-0.39, 0.29) is 30.4 Å². The summed E-state index contributed by atoms with van der Waals surface area (Å²) in [5, 5.41) is 0. The van der Waals surface area contributed by atoms with Crippen molar-refractivity contribution in [3.05, 3.63) is 0 Å². The van der Waals surface area contributed by atoms with Crippen molar-refractivity contribution < 1.29 is 19.1 Å². The largest absolute Gasteiger partial charge is 0.445 e. The second-order valence-electron chi connectivity index (χ2n) is 5.65. The summed E-state index contributed by atoms with van der Waals surface area (Å²) in [7, 11) is 0. The average Bonchev–Trinajstić information content (AvgIpc) is 2.77. The Morgan fingerprint density at radius 1 is 1.25 bits per heavy atom. The highest BCUT2D eigenvalue weighted by molar-refractivity contribution is 6.12.